The molecule has 92 valence electrons. The Hall–Kier alpha value is -0.0400. The van der Waals surface area contributed by atoms with E-state index < -0.39 is 0 Å². The van der Waals surface area contributed by atoms with Crippen molar-refractivity contribution in [1.82, 2.24) is 5.32 Å². The minimum atomic E-state index is 0.830. The van der Waals surface area contributed by atoms with Gasteiger partial charge in [0.1, 0.15) is 0 Å². The second-order valence-corrected chi connectivity index (χ2v) is 4.97. The maximum atomic E-state index is 3.44. The molecule has 0 spiro atoms. The van der Waals surface area contributed by atoms with Crippen molar-refractivity contribution in [1.29, 1.82) is 0 Å². The zero-order valence-electron chi connectivity index (χ0n) is 11.3. The summed E-state index contributed by atoms with van der Waals surface area (Å²) in [6.45, 7) is 11.5. The largest absolute Gasteiger partial charge is 0.317 e. The first-order chi connectivity index (χ1) is 7.22. The summed E-state index contributed by atoms with van der Waals surface area (Å²) >= 11 is 0. The predicted molar refractivity (Wildman–Crippen MR) is 70.2 cm³/mol. The summed E-state index contributed by atoms with van der Waals surface area (Å²) in [5, 5.41) is 3.44. The zero-order chi connectivity index (χ0) is 11.5. The van der Waals surface area contributed by atoms with Crippen LogP contribution in [0.1, 0.15) is 66.2 Å². The molecule has 0 aliphatic heterocycles. The summed E-state index contributed by atoms with van der Waals surface area (Å²) in [6.07, 6.45) is 8.48. The third kappa shape index (κ3) is 8.92. The van der Waals surface area contributed by atoms with Gasteiger partial charge >= 0.3 is 0 Å². The van der Waals surface area contributed by atoms with Crippen molar-refractivity contribution < 1.29 is 0 Å². The van der Waals surface area contributed by atoms with Gasteiger partial charge in [0.05, 0.1) is 0 Å². The molecule has 0 amide bonds. The van der Waals surface area contributed by atoms with Crippen LogP contribution in [0.15, 0.2) is 0 Å². The van der Waals surface area contributed by atoms with Gasteiger partial charge in [0.2, 0.25) is 0 Å². The van der Waals surface area contributed by atoms with Crippen LogP contribution in [0.4, 0.5) is 0 Å². The lowest BCUT2D eigenvalue weighted by Crippen LogP contribution is -2.24. The first-order valence-electron chi connectivity index (χ1n) is 6.93. The predicted octanol–water partition coefficient (Wildman–Crippen LogP) is 4.23. The van der Waals surface area contributed by atoms with E-state index in [2.05, 4.69) is 33.0 Å². The van der Waals surface area contributed by atoms with Crippen LogP contribution in [0.2, 0.25) is 0 Å². The number of hydrogen-bond donors (Lipinski definition) is 1. The Labute approximate surface area is 97.0 Å². The molecule has 0 saturated carbocycles. The molecule has 0 bridgehead atoms. The van der Waals surface area contributed by atoms with Crippen LogP contribution in [-0.2, 0) is 0 Å². The van der Waals surface area contributed by atoms with E-state index in [-0.39, 0.29) is 0 Å². The quantitative estimate of drug-likeness (QED) is 0.536. The molecule has 0 aromatic carbocycles. The topological polar surface area (TPSA) is 12.0 Å². The molecule has 0 fully saturated rings. The average molecular weight is 213 g/mol. The lowest BCUT2D eigenvalue weighted by atomic mass is 9.90. The third-order valence-corrected chi connectivity index (χ3v) is 3.45. The van der Waals surface area contributed by atoms with Gasteiger partial charge < -0.3 is 5.32 Å². The Morgan fingerprint density at radius 3 is 2.13 bits per heavy atom. The molecule has 0 rings (SSSR count). The summed E-state index contributed by atoms with van der Waals surface area (Å²) in [6, 6.07) is 0. The molecule has 0 radical (unpaired) electrons. The van der Waals surface area contributed by atoms with E-state index in [1.54, 1.807) is 0 Å². The highest BCUT2D eigenvalue weighted by molar-refractivity contribution is 4.64. The molecule has 1 heteroatoms. The fraction of sp³-hybridized carbons (Fsp3) is 1.00. The number of rotatable bonds is 10. The van der Waals surface area contributed by atoms with Gasteiger partial charge in [0, 0.05) is 0 Å². The van der Waals surface area contributed by atoms with E-state index in [4.69, 9.17) is 0 Å². The number of nitrogens with one attached hydrogen (secondary N) is 1. The van der Waals surface area contributed by atoms with Crippen molar-refractivity contribution in [2.45, 2.75) is 66.2 Å². The Balaban J connectivity index is 3.34. The van der Waals surface area contributed by atoms with E-state index in [0.29, 0.717) is 0 Å². The van der Waals surface area contributed by atoms with Crippen LogP contribution >= 0.6 is 0 Å². The molecule has 0 aromatic heterocycles. The van der Waals surface area contributed by atoms with Crippen LogP contribution in [0, 0.1) is 11.8 Å². The van der Waals surface area contributed by atoms with Crippen LogP contribution in [0.3, 0.4) is 0 Å². The zero-order valence-corrected chi connectivity index (χ0v) is 11.3. The third-order valence-electron chi connectivity index (χ3n) is 3.45. The molecule has 2 unspecified atom stereocenters. The van der Waals surface area contributed by atoms with Crippen molar-refractivity contribution in [2.24, 2.45) is 11.8 Å². The molecule has 15 heavy (non-hydrogen) atoms. The van der Waals surface area contributed by atoms with Gasteiger partial charge in [-0.25, -0.2) is 0 Å². The minimum Gasteiger partial charge on any atom is -0.317 e. The second-order valence-electron chi connectivity index (χ2n) is 4.97. The fourth-order valence-electron chi connectivity index (χ4n) is 1.93. The SMILES string of the molecule is CCCCCCCC(C)C(C)CNCC. The fourth-order valence-corrected chi connectivity index (χ4v) is 1.93. The lowest BCUT2D eigenvalue weighted by molar-refractivity contribution is 0.338. The molecule has 0 heterocycles. The van der Waals surface area contributed by atoms with Crippen molar-refractivity contribution in [2.75, 3.05) is 13.1 Å². The Morgan fingerprint density at radius 1 is 0.867 bits per heavy atom. The molecular formula is C14H31N. The Morgan fingerprint density at radius 2 is 1.53 bits per heavy atom. The summed E-state index contributed by atoms with van der Waals surface area (Å²) < 4.78 is 0. The second kappa shape index (κ2) is 10.5. The van der Waals surface area contributed by atoms with Gasteiger partial charge in [0.25, 0.3) is 0 Å². The maximum absolute atomic E-state index is 3.44. The Bertz CT molecular complexity index is 123. The Kier molecular flexibility index (Phi) is 10.4. The first kappa shape index (κ1) is 15.0. The monoisotopic (exact) mass is 213 g/mol. The van der Waals surface area contributed by atoms with Crippen molar-refractivity contribution in [3.63, 3.8) is 0 Å². The molecular weight excluding hydrogens is 182 g/mol. The highest BCUT2D eigenvalue weighted by Gasteiger charge is 2.10. The number of unbranched alkanes of at least 4 members (excludes halogenated alkanes) is 4. The van der Waals surface area contributed by atoms with Gasteiger partial charge in [-0.2, -0.15) is 0 Å². The van der Waals surface area contributed by atoms with Crippen molar-refractivity contribution in [3.8, 4) is 0 Å². The molecule has 0 aliphatic rings. The van der Waals surface area contributed by atoms with Crippen LogP contribution in [-0.4, -0.2) is 13.1 Å². The normalized spacial score (nSPS) is 15.2. The molecule has 0 saturated heterocycles. The summed E-state index contributed by atoms with van der Waals surface area (Å²) in [5.41, 5.74) is 0. The smallest absolute Gasteiger partial charge is 0.00207 e. The standard InChI is InChI=1S/C14H31N/c1-5-7-8-9-10-11-13(3)14(4)12-15-6-2/h13-15H,5-12H2,1-4H3. The summed E-state index contributed by atoms with van der Waals surface area (Å²) in [7, 11) is 0. The van der Waals surface area contributed by atoms with Crippen LogP contribution in [0.25, 0.3) is 0 Å². The van der Waals surface area contributed by atoms with Gasteiger partial charge in [-0.1, -0.05) is 66.2 Å². The lowest BCUT2D eigenvalue weighted by Gasteiger charge is -2.20. The van der Waals surface area contributed by atoms with Gasteiger partial charge in [-0.15, -0.1) is 0 Å². The maximum Gasteiger partial charge on any atom is -0.00207 e. The van der Waals surface area contributed by atoms with Gasteiger partial charge in [-0.3, -0.25) is 0 Å². The molecule has 2 atom stereocenters. The number of hydrogen-bond acceptors (Lipinski definition) is 1. The van der Waals surface area contributed by atoms with E-state index in [1.165, 1.54) is 45.1 Å². The molecule has 0 aromatic rings. The summed E-state index contributed by atoms with van der Waals surface area (Å²) in [5.74, 6) is 1.71. The van der Waals surface area contributed by atoms with Gasteiger partial charge in [-0.05, 0) is 24.9 Å². The van der Waals surface area contributed by atoms with E-state index in [9.17, 15) is 0 Å². The van der Waals surface area contributed by atoms with Gasteiger partial charge in [0.15, 0.2) is 0 Å². The molecule has 1 nitrogen and oxygen atoms in total. The molecule has 0 aliphatic carbocycles. The highest BCUT2D eigenvalue weighted by atomic mass is 14.8. The van der Waals surface area contributed by atoms with E-state index >= 15 is 0 Å². The summed E-state index contributed by atoms with van der Waals surface area (Å²) in [4.78, 5) is 0. The van der Waals surface area contributed by atoms with E-state index in [1.807, 2.05) is 0 Å². The van der Waals surface area contributed by atoms with Crippen LogP contribution in [0.5, 0.6) is 0 Å². The van der Waals surface area contributed by atoms with Crippen molar-refractivity contribution in [3.05, 3.63) is 0 Å². The first-order valence-corrected chi connectivity index (χ1v) is 6.93. The van der Waals surface area contributed by atoms with Crippen LogP contribution < -0.4 is 5.32 Å². The van der Waals surface area contributed by atoms with E-state index in [0.717, 1.165) is 18.4 Å². The molecule has 1 N–H and O–H groups in total. The average Bonchev–Trinajstić information content (AvgIpc) is 2.25. The highest BCUT2D eigenvalue weighted by Crippen LogP contribution is 2.18. The minimum absolute atomic E-state index is 0.830. The van der Waals surface area contributed by atoms with Crippen molar-refractivity contribution >= 4 is 0 Å².